The lowest BCUT2D eigenvalue weighted by molar-refractivity contribution is 0.394. The van der Waals surface area contributed by atoms with Gasteiger partial charge < -0.3 is 10.3 Å². The summed E-state index contributed by atoms with van der Waals surface area (Å²) in [6, 6.07) is 10.9. The highest BCUT2D eigenvalue weighted by molar-refractivity contribution is 5.78. The number of aryl methyl sites for hydroxylation is 3. The van der Waals surface area contributed by atoms with E-state index in [9.17, 15) is 0 Å². The third-order valence-corrected chi connectivity index (χ3v) is 4.90. The topological polar surface area (TPSA) is 64.9 Å². The van der Waals surface area contributed by atoms with Crippen LogP contribution in [0, 0.1) is 20.8 Å². The minimum Gasteiger partial charge on any atom is -0.339 e. The van der Waals surface area contributed by atoms with Crippen LogP contribution in [0.4, 0.5) is 0 Å². The van der Waals surface area contributed by atoms with E-state index in [1.165, 1.54) is 33.4 Å². The van der Waals surface area contributed by atoms with E-state index >= 15 is 0 Å². The minimum atomic E-state index is 0.169. The Bertz CT molecular complexity index is 903. The summed E-state index contributed by atoms with van der Waals surface area (Å²) in [5.74, 6) is 1.23. The number of aromatic nitrogens is 2. The number of fused-ring (bicyclic) bond motifs is 1. The van der Waals surface area contributed by atoms with E-state index in [0.717, 1.165) is 18.4 Å². The van der Waals surface area contributed by atoms with Gasteiger partial charge in [-0.15, -0.1) is 0 Å². The fourth-order valence-electron chi connectivity index (χ4n) is 3.85. The van der Waals surface area contributed by atoms with E-state index in [2.05, 4.69) is 54.3 Å². The summed E-state index contributed by atoms with van der Waals surface area (Å²) in [7, 11) is 0. The first-order valence-electron chi connectivity index (χ1n) is 8.34. The van der Waals surface area contributed by atoms with Gasteiger partial charge in [0.2, 0.25) is 11.7 Å². The van der Waals surface area contributed by atoms with Gasteiger partial charge >= 0.3 is 0 Å². The monoisotopic (exact) mass is 319 g/mol. The summed E-state index contributed by atoms with van der Waals surface area (Å²) in [5.41, 5.74) is 15.0. The summed E-state index contributed by atoms with van der Waals surface area (Å²) in [4.78, 5) is 4.34. The minimum absolute atomic E-state index is 0.169. The van der Waals surface area contributed by atoms with Crippen LogP contribution in [0.5, 0.6) is 0 Å². The van der Waals surface area contributed by atoms with E-state index in [1.54, 1.807) is 6.92 Å². The average molecular weight is 319 g/mol. The van der Waals surface area contributed by atoms with E-state index < -0.39 is 0 Å². The van der Waals surface area contributed by atoms with Crippen molar-refractivity contribution in [2.24, 2.45) is 5.73 Å². The fourth-order valence-corrected chi connectivity index (χ4v) is 3.85. The quantitative estimate of drug-likeness (QED) is 0.766. The van der Waals surface area contributed by atoms with Crippen molar-refractivity contribution in [1.82, 2.24) is 10.1 Å². The Morgan fingerprint density at radius 1 is 1.12 bits per heavy atom. The van der Waals surface area contributed by atoms with Crippen LogP contribution in [0.2, 0.25) is 0 Å². The molecule has 0 radical (unpaired) electrons. The molecule has 4 rings (SSSR count). The molecule has 122 valence electrons. The van der Waals surface area contributed by atoms with Crippen molar-refractivity contribution in [3.05, 3.63) is 58.5 Å². The van der Waals surface area contributed by atoms with Crippen LogP contribution < -0.4 is 5.73 Å². The summed E-state index contributed by atoms with van der Waals surface area (Å²) in [5, 5.41) is 4.04. The second-order valence-corrected chi connectivity index (χ2v) is 6.64. The van der Waals surface area contributed by atoms with Gasteiger partial charge in [-0.3, -0.25) is 0 Å². The summed E-state index contributed by atoms with van der Waals surface area (Å²) in [6.45, 7) is 6.10. The maximum Gasteiger partial charge on any atom is 0.223 e. The van der Waals surface area contributed by atoms with Crippen LogP contribution in [0.25, 0.3) is 22.5 Å². The van der Waals surface area contributed by atoms with Crippen LogP contribution in [0.15, 0.2) is 34.9 Å². The second kappa shape index (κ2) is 5.56. The zero-order valence-corrected chi connectivity index (χ0v) is 14.3. The largest absolute Gasteiger partial charge is 0.339 e. The molecule has 0 saturated carbocycles. The predicted molar refractivity (Wildman–Crippen MR) is 94.6 cm³/mol. The first-order valence-corrected chi connectivity index (χ1v) is 8.34. The molecule has 0 bridgehead atoms. The molecule has 1 aromatic heterocycles. The van der Waals surface area contributed by atoms with Crippen LogP contribution in [0.1, 0.15) is 40.6 Å². The normalized spacial score (nSPS) is 16.4. The van der Waals surface area contributed by atoms with Crippen molar-refractivity contribution >= 4 is 0 Å². The highest BCUT2D eigenvalue weighted by Crippen LogP contribution is 2.39. The van der Waals surface area contributed by atoms with Crippen molar-refractivity contribution in [3.63, 3.8) is 0 Å². The Morgan fingerprint density at radius 2 is 1.88 bits per heavy atom. The molecule has 4 heteroatoms. The molecule has 24 heavy (non-hydrogen) atoms. The van der Waals surface area contributed by atoms with Gasteiger partial charge in [0.1, 0.15) is 0 Å². The average Bonchev–Trinajstić information content (AvgIpc) is 3.14. The lowest BCUT2D eigenvalue weighted by Gasteiger charge is -2.16. The van der Waals surface area contributed by atoms with Crippen LogP contribution in [-0.2, 0) is 6.42 Å². The molecule has 1 aliphatic carbocycles. The van der Waals surface area contributed by atoms with Crippen LogP contribution in [-0.4, -0.2) is 10.1 Å². The second-order valence-electron chi connectivity index (χ2n) is 6.64. The highest BCUT2D eigenvalue weighted by Gasteiger charge is 2.23. The van der Waals surface area contributed by atoms with Gasteiger partial charge in [-0.25, -0.2) is 0 Å². The van der Waals surface area contributed by atoms with Gasteiger partial charge in [0, 0.05) is 18.5 Å². The molecule has 2 aromatic carbocycles. The predicted octanol–water partition coefficient (Wildman–Crippen LogP) is 4.27. The summed E-state index contributed by atoms with van der Waals surface area (Å²) < 4.78 is 5.11. The molecule has 0 fully saturated rings. The summed E-state index contributed by atoms with van der Waals surface area (Å²) >= 11 is 0. The third-order valence-electron chi connectivity index (χ3n) is 4.90. The van der Waals surface area contributed by atoms with Crippen molar-refractivity contribution in [3.8, 4) is 22.5 Å². The Labute approximate surface area is 141 Å². The number of nitrogens with zero attached hydrogens (tertiary/aromatic N) is 2. The van der Waals surface area contributed by atoms with E-state index in [-0.39, 0.29) is 6.04 Å². The lowest BCUT2D eigenvalue weighted by Crippen LogP contribution is -2.05. The molecular weight excluding hydrogens is 298 g/mol. The Kier molecular flexibility index (Phi) is 3.50. The van der Waals surface area contributed by atoms with Crippen LogP contribution in [0.3, 0.4) is 0 Å². The molecular formula is C20H21N3O. The number of hydrogen-bond acceptors (Lipinski definition) is 4. The molecule has 0 aliphatic heterocycles. The molecule has 0 unspecified atom stereocenters. The van der Waals surface area contributed by atoms with Gasteiger partial charge in [0.25, 0.3) is 0 Å². The van der Waals surface area contributed by atoms with Crippen molar-refractivity contribution < 1.29 is 4.52 Å². The van der Waals surface area contributed by atoms with Crippen molar-refractivity contribution in [2.45, 2.75) is 39.7 Å². The zero-order chi connectivity index (χ0) is 16.8. The van der Waals surface area contributed by atoms with Gasteiger partial charge in [0.15, 0.2) is 0 Å². The molecule has 0 amide bonds. The maximum atomic E-state index is 6.24. The highest BCUT2D eigenvalue weighted by atomic mass is 16.5. The van der Waals surface area contributed by atoms with Crippen molar-refractivity contribution in [1.29, 1.82) is 0 Å². The number of benzene rings is 2. The first-order chi connectivity index (χ1) is 11.5. The molecule has 3 aromatic rings. The molecule has 0 saturated heterocycles. The summed E-state index contributed by atoms with van der Waals surface area (Å²) in [6.07, 6.45) is 2.09. The van der Waals surface area contributed by atoms with Crippen molar-refractivity contribution in [2.75, 3.05) is 0 Å². The number of nitrogens with two attached hydrogens (primary N) is 1. The Balaban J connectivity index is 1.86. The number of rotatable bonds is 2. The van der Waals surface area contributed by atoms with Gasteiger partial charge in [-0.2, -0.15) is 4.98 Å². The smallest absolute Gasteiger partial charge is 0.223 e. The first kappa shape index (κ1) is 15.1. The molecule has 4 nitrogen and oxygen atoms in total. The SMILES string of the molecule is Cc1nc(-c2cc(C)c(-c3cccc4c3CC[C@H]4N)c(C)c2)no1. The lowest BCUT2D eigenvalue weighted by atomic mass is 9.89. The zero-order valence-electron chi connectivity index (χ0n) is 14.3. The standard InChI is InChI=1S/C20H21N3O/c1-11-9-14(20-22-13(3)24-23-20)10-12(2)19(11)17-6-4-5-16-15(17)7-8-18(16)21/h4-6,9-10,18H,7-8,21H2,1-3H3/t18-/m1/s1. The van der Waals surface area contributed by atoms with Gasteiger partial charge in [-0.05, 0) is 72.2 Å². The van der Waals surface area contributed by atoms with E-state index in [1.807, 2.05) is 0 Å². The number of hydrogen-bond donors (Lipinski definition) is 1. The van der Waals surface area contributed by atoms with E-state index in [4.69, 9.17) is 10.3 Å². The Hall–Kier alpha value is -2.46. The molecule has 2 N–H and O–H groups in total. The fraction of sp³-hybridized carbons (Fsp3) is 0.300. The van der Waals surface area contributed by atoms with Crippen LogP contribution >= 0.6 is 0 Å². The molecule has 0 spiro atoms. The Morgan fingerprint density at radius 3 is 2.54 bits per heavy atom. The van der Waals surface area contributed by atoms with Gasteiger partial charge in [0.05, 0.1) is 0 Å². The maximum absolute atomic E-state index is 6.24. The molecule has 1 atom stereocenters. The molecule has 1 heterocycles. The van der Waals surface area contributed by atoms with Gasteiger partial charge in [-0.1, -0.05) is 23.4 Å². The molecule has 1 aliphatic rings. The van der Waals surface area contributed by atoms with E-state index in [0.29, 0.717) is 11.7 Å². The third kappa shape index (κ3) is 2.34.